The zero-order valence-corrected chi connectivity index (χ0v) is 8.01. The molecule has 0 heterocycles. The van der Waals surface area contributed by atoms with Crippen LogP contribution in [0.3, 0.4) is 0 Å². The second-order valence-corrected chi connectivity index (χ2v) is 3.82. The third kappa shape index (κ3) is 2.83. The van der Waals surface area contributed by atoms with E-state index in [2.05, 4.69) is 11.8 Å². The van der Waals surface area contributed by atoms with Crippen molar-refractivity contribution in [3.63, 3.8) is 0 Å². The molecule has 0 aliphatic carbocycles. The number of hydrogen-bond acceptors (Lipinski definition) is 3. The highest BCUT2D eigenvalue weighted by atomic mass is 32.3. The maximum atomic E-state index is 12.4. The van der Waals surface area contributed by atoms with Crippen molar-refractivity contribution in [1.29, 1.82) is 0 Å². The topological polar surface area (TPSA) is 60.2 Å². The molecule has 0 fully saturated rings. The van der Waals surface area contributed by atoms with Gasteiger partial charge in [0, 0.05) is 5.56 Å². The lowest BCUT2D eigenvalue weighted by atomic mass is 10.2. The molecular formula is C9H8FNO2S. The van der Waals surface area contributed by atoms with E-state index >= 15 is 0 Å². The maximum Gasteiger partial charge on any atom is 0.332 e. The largest absolute Gasteiger partial charge is 0.332 e. The number of halogens is 1. The summed E-state index contributed by atoms with van der Waals surface area (Å²) < 4.78 is 33.3. The van der Waals surface area contributed by atoms with Crippen LogP contribution < -0.4 is 5.73 Å². The van der Waals surface area contributed by atoms with E-state index in [1.54, 1.807) is 0 Å². The van der Waals surface area contributed by atoms with Crippen LogP contribution in [0.4, 0.5) is 3.89 Å². The van der Waals surface area contributed by atoms with E-state index in [1.807, 2.05) is 0 Å². The number of nitrogens with two attached hydrogens (primary N) is 1. The van der Waals surface area contributed by atoms with E-state index in [0.29, 0.717) is 5.56 Å². The summed E-state index contributed by atoms with van der Waals surface area (Å²) in [6.07, 6.45) is 0. The van der Waals surface area contributed by atoms with Gasteiger partial charge < -0.3 is 5.73 Å². The zero-order valence-electron chi connectivity index (χ0n) is 7.20. The third-order valence-corrected chi connectivity index (χ3v) is 2.31. The summed E-state index contributed by atoms with van der Waals surface area (Å²) in [7, 11) is -4.61. The first kappa shape index (κ1) is 10.7. The van der Waals surface area contributed by atoms with Gasteiger partial charge >= 0.3 is 10.2 Å². The van der Waals surface area contributed by atoms with Crippen LogP contribution in [0.25, 0.3) is 0 Å². The predicted octanol–water partition coefficient (Wildman–Crippen LogP) is 0.655. The van der Waals surface area contributed by atoms with Crippen LogP contribution in [-0.2, 0) is 10.2 Å². The van der Waals surface area contributed by atoms with E-state index in [0.717, 1.165) is 12.1 Å². The van der Waals surface area contributed by atoms with Crippen LogP contribution in [0.1, 0.15) is 5.56 Å². The first-order valence-electron chi connectivity index (χ1n) is 3.77. The first-order valence-corrected chi connectivity index (χ1v) is 5.16. The van der Waals surface area contributed by atoms with Crippen molar-refractivity contribution < 1.29 is 12.3 Å². The summed E-state index contributed by atoms with van der Waals surface area (Å²) in [6, 6.07) is 5.18. The summed E-state index contributed by atoms with van der Waals surface area (Å²) in [5, 5.41) is 0. The molecule has 0 aromatic heterocycles. The Kier molecular flexibility index (Phi) is 3.23. The Hall–Kier alpha value is -1.38. The summed E-state index contributed by atoms with van der Waals surface area (Å²) >= 11 is 0. The maximum absolute atomic E-state index is 12.4. The molecular weight excluding hydrogens is 205 g/mol. The summed E-state index contributed by atoms with van der Waals surface area (Å²) in [5.41, 5.74) is 5.75. The average molecular weight is 213 g/mol. The van der Waals surface area contributed by atoms with Gasteiger partial charge in [-0.15, -0.1) is 3.89 Å². The van der Waals surface area contributed by atoms with Crippen LogP contribution >= 0.6 is 0 Å². The molecule has 0 radical (unpaired) electrons. The number of benzene rings is 1. The minimum absolute atomic E-state index is 0.225. The van der Waals surface area contributed by atoms with Crippen molar-refractivity contribution in [2.45, 2.75) is 4.90 Å². The molecule has 0 aliphatic heterocycles. The average Bonchev–Trinajstić information content (AvgIpc) is 2.14. The Morgan fingerprint density at radius 2 is 1.86 bits per heavy atom. The Morgan fingerprint density at radius 3 is 2.29 bits per heavy atom. The van der Waals surface area contributed by atoms with Gasteiger partial charge in [-0.25, -0.2) is 0 Å². The summed E-state index contributed by atoms with van der Waals surface area (Å²) in [6.45, 7) is 0.225. The van der Waals surface area contributed by atoms with Gasteiger partial charge in [-0.2, -0.15) is 8.42 Å². The molecule has 2 N–H and O–H groups in total. The smallest absolute Gasteiger partial charge is 0.320 e. The Labute approximate surface area is 82.0 Å². The van der Waals surface area contributed by atoms with Crippen LogP contribution in [0.5, 0.6) is 0 Å². The lowest BCUT2D eigenvalue weighted by Gasteiger charge is -1.93. The minimum atomic E-state index is -4.61. The van der Waals surface area contributed by atoms with Gasteiger partial charge in [0.05, 0.1) is 11.4 Å². The Balaban J connectivity index is 3.01. The molecule has 0 saturated carbocycles. The molecule has 0 saturated heterocycles. The van der Waals surface area contributed by atoms with Gasteiger partial charge in [-0.1, -0.05) is 11.8 Å². The summed E-state index contributed by atoms with van der Waals surface area (Å²) in [5.74, 6) is 5.29. The molecule has 0 spiro atoms. The molecule has 14 heavy (non-hydrogen) atoms. The summed E-state index contributed by atoms with van der Waals surface area (Å²) in [4.78, 5) is -0.365. The number of rotatable bonds is 1. The van der Waals surface area contributed by atoms with Gasteiger partial charge in [-0.05, 0) is 24.3 Å². The lowest BCUT2D eigenvalue weighted by molar-refractivity contribution is 0.552. The minimum Gasteiger partial charge on any atom is -0.320 e. The fraction of sp³-hybridized carbons (Fsp3) is 0.111. The zero-order chi connectivity index (χ0) is 10.6. The molecule has 3 nitrogen and oxygen atoms in total. The van der Waals surface area contributed by atoms with Crippen molar-refractivity contribution in [3.05, 3.63) is 29.8 Å². The van der Waals surface area contributed by atoms with Crippen molar-refractivity contribution in [2.75, 3.05) is 6.54 Å². The van der Waals surface area contributed by atoms with Crippen molar-refractivity contribution in [2.24, 2.45) is 5.73 Å². The fourth-order valence-corrected chi connectivity index (χ4v) is 1.32. The van der Waals surface area contributed by atoms with Gasteiger partial charge in [0.25, 0.3) is 0 Å². The predicted molar refractivity (Wildman–Crippen MR) is 50.7 cm³/mol. The molecule has 0 amide bonds. The van der Waals surface area contributed by atoms with Crippen molar-refractivity contribution >= 4 is 10.2 Å². The second-order valence-electron chi connectivity index (χ2n) is 2.47. The molecule has 0 atom stereocenters. The Bertz CT molecular complexity index is 468. The lowest BCUT2D eigenvalue weighted by Crippen LogP contribution is -1.93. The molecule has 0 bridgehead atoms. The molecule has 5 heteroatoms. The molecule has 1 aromatic carbocycles. The molecule has 1 rings (SSSR count). The van der Waals surface area contributed by atoms with Crippen LogP contribution in [0, 0.1) is 11.8 Å². The van der Waals surface area contributed by atoms with Gasteiger partial charge in [0.1, 0.15) is 0 Å². The van der Waals surface area contributed by atoms with E-state index in [-0.39, 0.29) is 11.4 Å². The molecule has 74 valence electrons. The van der Waals surface area contributed by atoms with Gasteiger partial charge in [0.2, 0.25) is 0 Å². The first-order chi connectivity index (χ1) is 6.54. The normalized spacial score (nSPS) is 10.4. The highest BCUT2D eigenvalue weighted by Gasteiger charge is 2.09. The van der Waals surface area contributed by atoms with E-state index in [1.165, 1.54) is 12.1 Å². The monoisotopic (exact) mass is 213 g/mol. The molecule has 1 aromatic rings. The standard InChI is InChI=1S/C9H8FNO2S/c10-14(12,13)9-5-3-8(4-6-9)2-1-7-11/h3-6H,7,11H2. The van der Waals surface area contributed by atoms with E-state index in [9.17, 15) is 12.3 Å². The van der Waals surface area contributed by atoms with Gasteiger partial charge in [0.15, 0.2) is 0 Å². The van der Waals surface area contributed by atoms with Crippen LogP contribution in [0.15, 0.2) is 29.2 Å². The highest BCUT2D eigenvalue weighted by molar-refractivity contribution is 7.86. The van der Waals surface area contributed by atoms with Crippen molar-refractivity contribution in [1.82, 2.24) is 0 Å². The van der Waals surface area contributed by atoms with Crippen molar-refractivity contribution in [3.8, 4) is 11.8 Å². The molecule has 0 aliphatic rings. The Morgan fingerprint density at radius 1 is 1.29 bits per heavy atom. The fourth-order valence-electron chi connectivity index (χ4n) is 0.854. The third-order valence-electron chi connectivity index (χ3n) is 1.47. The van der Waals surface area contributed by atoms with Gasteiger partial charge in [-0.3, -0.25) is 0 Å². The van der Waals surface area contributed by atoms with E-state index < -0.39 is 10.2 Å². The SMILES string of the molecule is NCC#Cc1ccc(S(=O)(=O)F)cc1. The molecule has 0 unspecified atom stereocenters. The van der Waals surface area contributed by atoms with Crippen LogP contribution in [-0.4, -0.2) is 15.0 Å². The quantitative estimate of drug-likeness (QED) is 0.550. The van der Waals surface area contributed by atoms with E-state index in [4.69, 9.17) is 5.73 Å². The highest BCUT2D eigenvalue weighted by Crippen LogP contribution is 2.12. The second kappa shape index (κ2) is 4.22. The number of hydrogen-bond donors (Lipinski definition) is 1. The van der Waals surface area contributed by atoms with Crippen LogP contribution in [0.2, 0.25) is 0 Å².